The predicted octanol–water partition coefficient (Wildman–Crippen LogP) is 2.97. The molecule has 0 aliphatic carbocycles. The topological polar surface area (TPSA) is 84.3 Å². The van der Waals surface area contributed by atoms with Gasteiger partial charge in [0.2, 0.25) is 10.0 Å². The van der Waals surface area contributed by atoms with Gasteiger partial charge in [0.1, 0.15) is 5.82 Å². The second kappa shape index (κ2) is 9.19. The standard InChI is InChI=1S/C21H23FN4O3S/c1-3-26(4-2)30(28,29)18-7-5-6-17(13-18)21(27)24-14-16-8-9-20(19(22)12-16)25-11-10-23-15-25/h5-13,15H,3-4,14H2,1-2H3,(H,24,27). The van der Waals surface area contributed by atoms with E-state index in [9.17, 15) is 17.6 Å². The Morgan fingerprint density at radius 3 is 2.57 bits per heavy atom. The average molecular weight is 431 g/mol. The van der Waals surface area contributed by atoms with Gasteiger partial charge in [-0.1, -0.05) is 26.0 Å². The van der Waals surface area contributed by atoms with Crippen LogP contribution in [0.2, 0.25) is 0 Å². The van der Waals surface area contributed by atoms with Crippen molar-refractivity contribution in [2.45, 2.75) is 25.3 Å². The molecule has 2 aromatic carbocycles. The smallest absolute Gasteiger partial charge is 0.251 e. The first kappa shape index (κ1) is 21.7. The molecule has 1 N–H and O–H groups in total. The lowest BCUT2D eigenvalue weighted by Crippen LogP contribution is -2.31. The second-order valence-corrected chi connectivity index (χ2v) is 8.49. The molecule has 0 fully saturated rings. The molecule has 0 radical (unpaired) electrons. The van der Waals surface area contributed by atoms with E-state index in [0.717, 1.165) is 0 Å². The minimum Gasteiger partial charge on any atom is -0.348 e. The molecular weight excluding hydrogens is 407 g/mol. The number of nitrogens with one attached hydrogen (secondary N) is 1. The van der Waals surface area contributed by atoms with Crippen molar-refractivity contribution in [3.63, 3.8) is 0 Å². The van der Waals surface area contributed by atoms with Crippen molar-refractivity contribution in [3.05, 3.63) is 78.1 Å². The number of sulfonamides is 1. The summed E-state index contributed by atoms with van der Waals surface area (Å²) in [6.45, 7) is 4.31. The van der Waals surface area contributed by atoms with Crippen LogP contribution in [0.5, 0.6) is 0 Å². The lowest BCUT2D eigenvalue weighted by molar-refractivity contribution is 0.0950. The molecule has 0 bridgehead atoms. The molecule has 0 aliphatic heterocycles. The number of rotatable bonds is 8. The maximum Gasteiger partial charge on any atom is 0.251 e. The summed E-state index contributed by atoms with van der Waals surface area (Å²) < 4.78 is 42.6. The second-order valence-electron chi connectivity index (χ2n) is 6.56. The Morgan fingerprint density at radius 2 is 1.93 bits per heavy atom. The van der Waals surface area contributed by atoms with Crippen LogP contribution in [0.25, 0.3) is 5.69 Å². The summed E-state index contributed by atoms with van der Waals surface area (Å²) in [6.07, 6.45) is 4.69. The van der Waals surface area contributed by atoms with E-state index in [0.29, 0.717) is 24.3 Å². The van der Waals surface area contributed by atoms with Crippen LogP contribution >= 0.6 is 0 Å². The molecule has 1 heterocycles. The molecule has 0 saturated heterocycles. The minimum atomic E-state index is -3.66. The summed E-state index contributed by atoms with van der Waals surface area (Å²) in [5.74, 6) is -0.877. The molecule has 1 amide bonds. The first-order chi connectivity index (χ1) is 14.4. The average Bonchev–Trinajstić information content (AvgIpc) is 3.27. The predicted molar refractivity (Wildman–Crippen MR) is 111 cm³/mol. The van der Waals surface area contributed by atoms with Crippen LogP contribution in [-0.4, -0.2) is 41.3 Å². The molecule has 0 saturated carbocycles. The molecule has 0 spiro atoms. The monoisotopic (exact) mass is 430 g/mol. The van der Waals surface area contributed by atoms with Gasteiger partial charge >= 0.3 is 0 Å². The maximum atomic E-state index is 14.4. The number of carbonyl (C=O) groups is 1. The number of benzene rings is 2. The number of hydrogen-bond acceptors (Lipinski definition) is 4. The molecule has 3 aromatic rings. The van der Waals surface area contributed by atoms with E-state index >= 15 is 0 Å². The fourth-order valence-corrected chi connectivity index (χ4v) is 4.57. The van der Waals surface area contributed by atoms with Gasteiger partial charge in [0.25, 0.3) is 5.91 Å². The largest absolute Gasteiger partial charge is 0.348 e. The Bertz CT molecular complexity index is 1130. The number of amides is 1. The van der Waals surface area contributed by atoms with Crippen molar-refractivity contribution < 1.29 is 17.6 Å². The number of carbonyl (C=O) groups excluding carboxylic acids is 1. The van der Waals surface area contributed by atoms with Crippen LogP contribution in [0.1, 0.15) is 29.8 Å². The molecule has 7 nitrogen and oxygen atoms in total. The van der Waals surface area contributed by atoms with Crippen molar-refractivity contribution in [1.82, 2.24) is 19.2 Å². The highest BCUT2D eigenvalue weighted by molar-refractivity contribution is 7.89. The normalized spacial score (nSPS) is 11.6. The third-order valence-electron chi connectivity index (χ3n) is 4.69. The third-order valence-corrected chi connectivity index (χ3v) is 6.73. The van der Waals surface area contributed by atoms with Gasteiger partial charge in [-0.3, -0.25) is 4.79 Å². The summed E-state index contributed by atoms with van der Waals surface area (Å²) in [7, 11) is -3.66. The summed E-state index contributed by atoms with van der Waals surface area (Å²) in [5.41, 5.74) is 1.16. The molecule has 30 heavy (non-hydrogen) atoms. The van der Waals surface area contributed by atoms with Gasteiger partial charge in [0.05, 0.1) is 16.9 Å². The van der Waals surface area contributed by atoms with E-state index in [-0.39, 0.29) is 17.0 Å². The zero-order valence-corrected chi connectivity index (χ0v) is 17.6. The number of hydrogen-bond donors (Lipinski definition) is 1. The Hall–Kier alpha value is -3.04. The molecule has 0 aliphatic rings. The molecular formula is C21H23FN4O3S. The highest BCUT2D eigenvalue weighted by Gasteiger charge is 2.22. The van der Waals surface area contributed by atoms with Gasteiger partial charge in [-0.2, -0.15) is 4.31 Å². The van der Waals surface area contributed by atoms with Crippen molar-refractivity contribution >= 4 is 15.9 Å². The third kappa shape index (κ3) is 4.58. The van der Waals surface area contributed by atoms with Gasteiger partial charge in [-0.05, 0) is 35.9 Å². The van der Waals surface area contributed by atoms with Gasteiger partial charge in [0.15, 0.2) is 0 Å². The Labute approximate surface area is 175 Å². The van der Waals surface area contributed by atoms with Crippen LogP contribution in [-0.2, 0) is 16.6 Å². The van der Waals surface area contributed by atoms with Crippen LogP contribution in [0, 0.1) is 5.82 Å². The maximum absolute atomic E-state index is 14.4. The highest BCUT2D eigenvalue weighted by atomic mass is 32.2. The van der Waals surface area contributed by atoms with Crippen molar-refractivity contribution in [2.75, 3.05) is 13.1 Å². The molecule has 0 atom stereocenters. The summed E-state index contributed by atoms with van der Waals surface area (Å²) >= 11 is 0. The Morgan fingerprint density at radius 1 is 1.17 bits per heavy atom. The van der Waals surface area contributed by atoms with E-state index in [4.69, 9.17) is 0 Å². The number of halogens is 1. The number of aromatic nitrogens is 2. The van der Waals surface area contributed by atoms with Crippen LogP contribution < -0.4 is 5.32 Å². The summed E-state index contributed by atoms with van der Waals surface area (Å²) in [6, 6.07) is 10.6. The number of nitrogens with zero attached hydrogens (tertiary/aromatic N) is 3. The first-order valence-corrected chi connectivity index (χ1v) is 11.0. The van der Waals surface area contributed by atoms with Crippen molar-refractivity contribution in [1.29, 1.82) is 0 Å². The minimum absolute atomic E-state index is 0.0644. The fraction of sp³-hybridized carbons (Fsp3) is 0.238. The highest BCUT2D eigenvalue weighted by Crippen LogP contribution is 2.18. The quantitative estimate of drug-likeness (QED) is 0.596. The first-order valence-electron chi connectivity index (χ1n) is 9.52. The van der Waals surface area contributed by atoms with Crippen LogP contribution in [0.3, 0.4) is 0 Å². The lowest BCUT2D eigenvalue weighted by Gasteiger charge is -2.18. The molecule has 0 unspecified atom stereocenters. The van der Waals surface area contributed by atoms with Gasteiger partial charge in [0, 0.05) is 37.6 Å². The fourth-order valence-electron chi connectivity index (χ4n) is 3.07. The van der Waals surface area contributed by atoms with E-state index in [1.165, 1.54) is 34.9 Å². The summed E-state index contributed by atoms with van der Waals surface area (Å²) in [4.78, 5) is 16.5. The molecule has 9 heteroatoms. The van der Waals surface area contributed by atoms with E-state index in [1.54, 1.807) is 49.0 Å². The van der Waals surface area contributed by atoms with Crippen molar-refractivity contribution in [3.8, 4) is 5.69 Å². The van der Waals surface area contributed by atoms with E-state index in [1.807, 2.05) is 0 Å². The van der Waals surface area contributed by atoms with E-state index in [2.05, 4.69) is 10.3 Å². The Balaban J connectivity index is 1.72. The lowest BCUT2D eigenvalue weighted by atomic mass is 10.1. The van der Waals surface area contributed by atoms with Crippen LogP contribution in [0.4, 0.5) is 4.39 Å². The zero-order chi connectivity index (χ0) is 21.7. The zero-order valence-electron chi connectivity index (χ0n) is 16.7. The molecule has 158 valence electrons. The summed E-state index contributed by atoms with van der Waals surface area (Å²) in [5, 5.41) is 2.70. The molecule has 3 rings (SSSR count). The van der Waals surface area contributed by atoms with Gasteiger partial charge in [-0.25, -0.2) is 17.8 Å². The number of imidazole rings is 1. The van der Waals surface area contributed by atoms with Gasteiger partial charge in [-0.15, -0.1) is 0 Å². The SMILES string of the molecule is CCN(CC)S(=O)(=O)c1cccc(C(=O)NCc2ccc(-n3ccnc3)c(F)c2)c1. The molecule has 1 aromatic heterocycles. The van der Waals surface area contributed by atoms with Crippen molar-refractivity contribution in [2.24, 2.45) is 0 Å². The van der Waals surface area contributed by atoms with Gasteiger partial charge < -0.3 is 9.88 Å². The van der Waals surface area contributed by atoms with E-state index < -0.39 is 21.7 Å². The Kier molecular flexibility index (Phi) is 6.63. The van der Waals surface area contributed by atoms with Crippen LogP contribution in [0.15, 0.2) is 66.1 Å².